The molecule has 0 unspecified atom stereocenters. The van der Waals surface area contributed by atoms with Crippen LogP contribution in [0.4, 0.5) is 17.6 Å². The van der Waals surface area contributed by atoms with E-state index >= 15 is 0 Å². The van der Waals surface area contributed by atoms with Crippen molar-refractivity contribution in [1.82, 2.24) is 20.1 Å². The molecule has 2 aromatic rings. The first kappa shape index (κ1) is 19.1. The number of benzene rings is 1. The summed E-state index contributed by atoms with van der Waals surface area (Å²) >= 11 is 0. The van der Waals surface area contributed by atoms with Crippen LogP contribution in [0.25, 0.3) is 0 Å². The van der Waals surface area contributed by atoms with Gasteiger partial charge in [0.15, 0.2) is 0 Å². The van der Waals surface area contributed by atoms with Crippen molar-refractivity contribution < 1.29 is 31.8 Å². The molecule has 1 fully saturated rings. The number of H-pyrrole nitrogens is 1. The predicted molar refractivity (Wildman–Crippen MR) is 83.2 cm³/mol. The molecule has 2 heterocycles. The molecule has 1 aliphatic rings. The van der Waals surface area contributed by atoms with Gasteiger partial charge in [-0.3, -0.25) is 9.89 Å². The highest BCUT2D eigenvalue weighted by molar-refractivity contribution is 5.90. The molecular weight excluding hydrogens is 372 g/mol. The van der Waals surface area contributed by atoms with Crippen molar-refractivity contribution >= 4 is 5.91 Å². The highest BCUT2D eigenvalue weighted by atomic mass is 19.4. The Morgan fingerprint density at radius 1 is 1.33 bits per heavy atom. The van der Waals surface area contributed by atoms with E-state index in [0.717, 1.165) is 24.5 Å². The fourth-order valence-electron chi connectivity index (χ4n) is 2.86. The smallest absolute Gasteiger partial charge is 0.406 e. The van der Waals surface area contributed by atoms with Gasteiger partial charge < -0.3 is 14.4 Å². The van der Waals surface area contributed by atoms with E-state index in [0.29, 0.717) is 26.1 Å². The molecule has 1 N–H and O–H groups in total. The predicted octanol–water partition coefficient (Wildman–Crippen LogP) is 2.66. The van der Waals surface area contributed by atoms with Gasteiger partial charge in [0.2, 0.25) is 5.82 Å². The molecule has 0 bridgehead atoms. The number of halogens is 4. The average Bonchev–Trinajstić information content (AvgIpc) is 3.16. The van der Waals surface area contributed by atoms with Crippen LogP contribution >= 0.6 is 0 Å². The lowest BCUT2D eigenvalue weighted by Gasteiger charge is -2.34. The molecule has 0 spiro atoms. The van der Waals surface area contributed by atoms with Crippen LogP contribution in [0, 0.1) is 5.82 Å². The maximum Gasteiger partial charge on any atom is 0.573 e. The van der Waals surface area contributed by atoms with Crippen LogP contribution in [0.2, 0.25) is 0 Å². The zero-order valence-corrected chi connectivity index (χ0v) is 14.0. The van der Waals surface area contributed by atoms with E-state index in [9.17, 15) is 22.4 Å². The summed E-state index contributed by atoms with van der Waals surface area (Å²) in [5.41, 5.74) is -0.101. The topological polar surface area (TPSA) is 80.3 Å². The molecule has 27 heavy (non-hydrogen) atoms. The van der Waals surface area contributed by atoms with Gasteiger partial charge in [-0.25, -0.2) is 9.37 Å². The van der Waals surface area contributed by atoms with Gasteiger partial charge >= 0.3 is 6.36 Å². The van der Waals surface area contributed by atoms with E-state index in [1.54, 1.807) is 0 Å². The molecule has 0 atom stereocenters. The Kier molecular flexibility index (Phi) is 5.59. The Morgan fingerprint density at radius 2 is 2.07 bits per heavy atom. The molecule has 0 saturated carbocycles. The number of rotatable bonds is 5. The van der Waals surface area contributed by atoms with Crippen LogP contribution in [-0.4, -0.2) is 51.6 Å². The van der Waals surface area contributed by atoms with E-state index < -0.39 is 23.8 Å². The molecule has 1 saturated heterocycles. The number of nitrogens with one attached hydrogen (secondary N) is 1. The van der Waals surface area contributed by atoms with Crippen LogP contribution in [0.3, 0.4) is 0 Å². The van der Waals surface area contributed by atoms with Gasteiger partial charge in [0.1, 0.15) is 17.9 Å². The Hall–Kier alpha value is -2.69. The number of hydrogen-bond acceptors (Lipinski definition) is 5. The van der Waals surface area contributed by atoms with Gasteiger partial charge in [-0.2, -0.15) is 5.10 Å². The van der Waals surface area contributed by atoms with Crippen molar-refractivity contribution in [3.63, 3.8) is 0 Å². The number of carbonyl (C=O) groups excluding carboxylic acids is 1. The SMILES string of the molecule is O=C(c1ncn[nH]1)N(Cc1cc(OC(F)(F)F)ccc1F)C1CCOCC1. The summed E-state index contributed by atoms with van der Waals surface area (Å²) in [7, 11) is 0. The third-order valence-electron chi connectivity index (χ3n) is 4.10. The van der Waals surface area contributed by atoms with Crippen molar-refractivity contribution in [2.75, 3.05) is 13.2 Å². The van der Waals surface area contributed by atoms with Crippen molar-refractivity contribution in [3.8, 4) is 5.75 Å². The zero-order valence-electron chi connectivity index (χ0n) is 14.0. The second-order valence-corrected chi connectivity index (χ2v) is 5.91. The number of nitrogens with zero attached hydrogens (tertiary/aromatic N) is 3. The molecule has 0 radical (unpaired) electrons. The summed E-state index contributed by atoms with van der Waals surface area (Å²) in [5, 5.41) is 6.07. The summed E-state index contributed by atoms with van der Waals surface area (Å²) in [6, 6.07) is 2.41. The lowest BCUT2D eigenvalue weighted by Crippen LogP contribution is -2.43. The zero-order chi connectivity index (χ0) is 19.4. The fourth-order valence-corrected chi connectivity index (χ4v) is 2.86. The maximum absolute atomic E-state index is 14.2. The summed E-state index contributed by atoms with van der Waals surface area (Å²) in [6.45, 7) is 0.597. The molecule has 11 heteroatoms. The van der Waals surface area contributed by atoms with Crippen molar-refractivity contribution in [1.29, 1.82) is 0 Å². The van der Waals surface area contributed by atoms with E-state index in [1.807, 2.05) is 0 Å². The van der Waals surface area contributed by atoms with Crippen molar-refractivity contribution in [2.24, 2.45) is 0 Å². The first-order valence-corrected chi connectivity index (χ1v) is 8.12. The third-order valence-corrected chi connectivity index (χ3v) is 4.10. The minimum absolute atomic E-state index is 0.0374. The van der Waals surface area contributed by atoms with Crippen LogP contribution in [0.5, 0.6) is 5.75 Å². The average molecular weight is 388 g/mol. The van der Waals surface area contributed by atoms with E-state index in [-0.39, 0.29) is 24.0 Å². The Bertz CT molecular complexity index is 776. The largest absolute Gasteiger partial charge is 0.573 e. The Morgan fingerprint density at radius 3 is 2.70 bits per heavy atom. The molecule has 1 aliphatic heterocycles. The van der Waals surface area contributed by atoms with Gasteiger partial charge in [0.05, 0.1) is 0 Å². The molecule has 0 aliphatic carbocycles. The van der Waals surface area contributed by atoms with Crippen LogP contribution in [0.15, 0.2) is 24.5 Å². The van der Waals surface area contributed by atoms with E-state index in [4.69, 9.17) is 4.74 Å². The molecule has 1 amide bonds. The lowest BCUT2D eigenvalue weighted by atomic mass is 10.0. The monoisotopic (exact) mass is 388 g/mol. The summed E-state index contributed by atoms with van der Waals surface area (Å²) in [6.07, 6.45) is -2.71. The molecule has 146 valence electrons. The first-order chi connectivity index (χ1) is 12.8. The number of hydrogen-bond donors (Lipinski definition) is 1. The highest BCUT2D eigenvalue weighted by Gasteiger charge is 2.32. The number of aromatic amines is 1. The quantitative estimate of drug-likeness (QED) is 0.797. The first-order valence-electron chi connectivity index (χ1n) is 8.12. The summed E-state index contributed by atoms with van der Waals surface area (Å²) < 4.78 is 60.6. The van der Waals surface area contributed by atoms with Crippen LogP contribution in [0.1, 0.15) is 29.0 Å². The van der Waals surface area contributed by atoms with Gasteiger partial charge in [-0.15, -0.1) is 13.2 Å². The Balaban J connectivity index is 1.87. The number of amides is 1. The highest BCUT2D eigenvalue weighted by Crippen LogP contribution is 2.27. The van der Waals surface area contributed by atoms with E-state index in [1.165, 1.54) is 4.90 Å². The van der Waals surface area contributed by atoms with E-state index in [2.05, 4.69) is 19.9 Å². The second-order valence-electron chi connectivity index (χ2n) is 5.91. The third kappa shape index (κ3) is 4.94. The number of alkyl halides is 3. The Labute approximate surface area is 151 Å². The van der Waals surface area contributed by atoms with Gasteiger partial charge in [-0.1, -0.05) is 0 Å². The lowest BCUT2D eigenvalue weighted by molar-refractivity contribution is -0.274. The second kappa shape index (κ2) is 7.91. The molecular formula is C16H16F4N4O3. The van der Waals surface area contributed by atoms with Crippen LogP contribution in [-0.2, 0) is 11.3 Å². The van der Waals surface area contributed by atoms with Crippen molar-refractivity contribution in [2.45, 2.75) is 31.8 Å². The minimum Gasteiger partial charge on any atom is -0.406 e. The molecule has 7 nitrogen and oxygen atoms in total. The molecule has 1 aromatic carbocycles. The summed E-state index contributed by atoms with van der Waals surface area (Å²) in [5.74, 6) is -1.87. The molecule has 3 rings (SSSR count). The van der Waals surface area contributed by atoms with Gasteiger partial charge in [0.25, 0.3) is 5.91 Å². The van der Waals surface area contributed by atoms with Gasteiger partial charge in [0, 0.05) is 31.4 Å². The van der Waals surface area contributed by atoms with Crippen molar-refractivity contribution in [3.05, 3.63) is 41.7 Å². The molecule has 1 aromatic heterocycles. The number of ether oxygens (including phenoxy) is 2. The maximum atomic E-state index is 14.2. The minimum atomic E-state index is -4.90. The summed E-state index contributed by atoms with van der Waals surface area (Å²) in [4.78, 5) is 17.9. The fraction of sp³-hybridized carbons (Fsp3) is 0.438. The van der Waals surface area contributed by atoms with Crippen LogP contribution < -0.4 is 4.74 Å². The van der Waals surface area contributed by atoms with Gasteiger partial charge in [-0.05, 0) is 31.0 Å². The normalized spacial score (nSPS) is 15.6. The standard InChI is InChI=1S/C16H16F4N4O3/c17-13-2-1-12(27-16(18,19)20)7-10(13)8-24(11-3-5-26-6-4-11)15(25)14-21-9-22-23-14/h1-2,7,9,11H,3-6,8H2,(H,21,22,23). The number of aromatic nitrogens is 3. The number of carbonyl (C=O) groups is 1.